The molecule has 2 rings (SSSR count). The zero-order valence-corrected chi connectivity index (χ0v) is 11.5. The van der Waals surface area contributed by atoms with Crippen molar-refractivity contribution in [3.05, 3.63) is 51.9 Å². The molecule has 0 aliphatic rings. The average molecular weight is 315 g/mol. The summed E-state index contributed by atoms with van der Waals surface area (Å²) in [5, 5.41) is 2.59. The highest BCUT2D eigenvalue weighted by Gasteiger charge is 2.10. The zero-order chi connectivity index (χ0) is 14.7. The summed E-state index contributed by atoms with van der Waals surface area (Å²) in [6, 6.07) is 6.66. The van der Waals surface area contributed by atoms with Crippen molar-refractivity contribution in [2.24, 2.45) is 5.84 Å². The van der Waals surface area contributed by atoms with E-state index in [-0.39, 0.29) is 21.6 Å². The van der Waals surface area contributed by atoms with E-state index in [4.69, 9.17) is 29.0 Å². The molecule has 0 aliphatic carbocycles. The predicted molar refractivity (Wildman–Crippen MR) is 76.4 cm³/mol. The van der Waals surface area contributed by atoms with Crippen LogP contribution in [0.25, 0.3) is 0 Å². The van der Waals surface area contributed by atoms with E-state index in [1.54, 1.807) is 0 Å². The van der Waals surface area contributed by atoms with Crippen LogP contribution in [0.1, 0.15) is 10.4 Å². The van der Waals surface area contributed by atoms with Gasteiger partial charge in [0.15, 0.2) is 0 Å². The maximum atomic E-state index is 13.0. The Morgan fingerprint density at radius 2 is 2.00 bits per heavy atom. The molecule has 4 N–H and O–H groups in total. The second-order valence-electron chi connectivity index (χ2n) is 3.79. The maximum absolute atomic E-state index is 13.0. The molecule has 0 saturated heterocycles. The lowest BCUT2D eigenvalue weighted by atomic mass is 10.2. The number of nitrogens with two attached hydrogens (primary N) is 1. The number of nitrogen functional groups attached to an aromatic ring is 1. The van der Waals surface area contributed by atoms with Crippen molar-refractivity contribution in [3.8, 4) is 0 Å². The average Bonchev–Trinajstić information content (AvgIpc) is 2.42. The molecule has 1 heterocycles. The number of rotatable bonds is 3. The number of halogens is 3. The number of aromatic nitrogens is 1. The van der Waals surface area contributed by atoms with Crippen LogP contribution in [0.15, 0.2) is 30.3 Å². The number of hydrogen-bond acceptors (Lipinski definition) is 4. The van der Waals surface area contributed by atoms with Crippen molar-refractivity contribution in [2.75, 3.05) is 10.7 Å². The number of benzene rings is 1. The van der Waals surface area contributed by atoms with E-state index in [1.807, 2.05) is 0 Å². The fourth-order valence-electron chi connectivity index (χ4n) is 1.48. The first kappa shape index (κ1) is 14.5. The molecule has 2 aromatic rings. The lowest BCUT2D eigenvalue weighted by molar-refractivity contribution is 0.102. The van der Waals surface area contributed by atoms with E-state index < -0.39 is 11.7 Å². The Morgan fingerprint density at radius 3 is 2.65 bits per heavy atom. The quantitative estimate of drug-likeness (QED) is 0.462. The number of nitrogens with one attached hydrogen (secondary N) is 2. The van der Waals surface area contributed by atoms with Crippen LogP contribution in [0.4, 0.5) is 15.9 Å². The summed E-state index contributed by atoms with van der Waals surface area (Å²) in [7, 11) is 0. The van der Waals surface area contributed by atoms with Crippen molar-refractivity contribution in [2.45, 2.75) is 0 Å². The van der Waals surface area contributed by atoms with Crippen molar-refractivity contribution in [1.82, 2.24) is 4.98 Å². The summed E-state index contributed by atoms with van der Waals surface area (Å²) >= 11 is 11.4. The second kappa shape index (κ2) is 6.04. The molecule has 0 fully saturated rings. The van der Waals surface area contributed by atoms with Crippen LogP contribution in [0.2, 0.25) is 10.2 Å². The van der Waals surface area contributed by atoms with Crippen molar-refractivity contribution in [1.29, 1.82) is 0 Å². The van der Waals surface area contributed by atoms with Gasteiger partial charge in [-0.1, -0.05) is 23.2 Å². The van der Waals surface area contributed by atoms with Gasteiger partial charge in [-0.05, 0) is 30.3 Å². The van der Waals surface area contributed by atoms with Gasteiger partial charge >= 0.3 is 0 Å². The van der Waals surface area contributed by atoms with E-state index in [2.05, 4.69) is 15.7 Å². The van der Waals surface area contributed by atoms with E-state index >= 15 is 0 Å². The van der Waals surface area contributed by atoms with Gasteiger partial charge in [0.05, 0.1) is 5.02 Å². The summed E-state index contributed by atoms with van der Waals surface area (Å²) in [5.41, 5.74) is 2.90. The van der Waals surface area contributed by atoms with Crippen LogP contribution >= 0.6 is 23.2 Å². The fourth-order valence-corrected chi connectivity index (χ4v) is 1.87. The van der Waals surface area contributed by atoms with Gasteiger partial charge in [-0.25, -0.2) is 15.2 Å². The first-order valence-electron chi connectivity index (χ1n) is 5.40. The summed E-state index contributed by atoms with van der Waals surface area (Å²) in [6.45, 7) is 0. The third kappa shape index (κ3) is 3.36. The molecule has 1 amide bonds. The van der Waals surface area contributed by atoms with Gasteiger partial charge in [0.25, 0.3) is 5.91 Å². The van der Waals surface area contributed by atoms with Gasteiger partial charge in [-0.2, -0.15) is 0 Å². The van der Waals surface area contributed by atoms with Gasteiger partial charge < -0.3 is 10.7 Å². The van der Waals surface area contributed by atoms with E-state index in [0.717, 1.165) is 6.07 Å². The lowest BCUT2D eigenvalue weighted by Gasteiger charge is -2.07. The molecule has 0 aliphatic heterocycles. The summed E-state index contributed by atoms with van der Waals surface area (Å²) in [5.74, 6) is 4.45. The Morgan fingerprint density at radius 1 is 1.25 bits per heavy atom. The van der Waals surface area contributed by atoms with Gasteiger partial charge in [0.1, 0.15) is 16.8 Å². The minimum atomic E-state index is -0.564. The highest BCUT2D eigenvalue weighted by Crippen LogP contribution is 2.21. The molecule has 1 aromatic carbocycles. The topological polar surface area (TPSA) is 80.0 Å². The number of amides is 1. The van der Waals surface area contributed by atoms with Crippen LogP contribution in [0, 0.1) is 5.82 Å². The molecule has 0 unspecified atom stereocenters. The Hall–Kier alpha value is -1.89. The number of carbonyl (C=O) groups excluding carboxylic acids is 1. The van der Waals surface area contributed by atoms with Crippen LogP contribution in [-0.2, 0) is 0 Å². The van der Waals surface area contributed by atoms with Crippen molar-refractivity contribution in [3.63, 3.8) is 0 Å². The lowest BCUT2D eigenvalue weighted by Crippen LogP contribution is -2.14. The molecular formula is C12H9Cl2FN4O. The Labute approximate surface area is 123 Å². The number of nitrogens with zero attached hydrogens (tertiary/aromatic N) is 1. The number of pyridine rings is 1. The van der Waals surface area contributed by atoms with E-state index in [9.17, 15) is 9.18 Å². The number of carbonyl (C=O) groups is 1. The van der Waals surface area contributed by atoms with E-state index in [0.29, 0.717) is 5.69 Å². The Balaban J connectivity index is 2.23. The third-order valence-electron chi connectivity index (χ3n) is 2.38. The van der Waals surface area contributed by atoms with Crippen molar-refractivity contribution >= 4 is 40.6 Å². The largest absolute Gasteiger partial charge is 0.322 e. The molecule has 1 aromatic heterocycles. The van der Waals surface area contributed by atoms with Crippen LogP contribution in [-0.4, -0.2) is 10.9 Å². The number of hydrazine groups is 1. The molecule has 20 heavy (non-hydrogen) atoms. The summed E-state index contributed by atoms with van der Waals surface area (Å²) in [4.78, 5) is 15.9. The number of anilines is 2. The summed E-state index contributed by atoms with van der Waals surface area (Å²) < 4.78 is 13.0. The predicted octanol–water partition coefficient (Wildman–Crippen LogP) is 3.07. The molecular weight excluding hydrogens is 306 g/mol. The molecule has 5 nitrogen and oxygen atoms in total. The molecule has 0 bridgehead atoms. The first-order chi connectivity index (χ1) is 9.49. The van der Waals surface area contributed by atoms with Gasteiger partial charge in [0, 0.05) is 11.3 Å². The van der Waals surface area contributed by atoms with Gasteiger partial charge in [-0.3, -0.25) is 4.79 Å². The minimum Gasteiger partial charge on any atom is -0.322 e. The number of hydrogen-bond donors (Lipinski definition) is 3. The molecule has 0 atom stereocenters. The van der Waals surface area contributed by atoms with Gasteiger partial charge in [-0.15, -0.1) is 0 Å². The molecule has 104 valence electrons. The standard InChI is InChI=1S/C12H9Cl2FN4O/c13-8-5-7(1-2-9(8)15)17-12(20)6-3-10(14)18-11(4-6)19-16/h1-5H,16H2,(H,17,20)(H,18,19). The van der Waals surface area contributed by atoms with Gasteiger partial charge in [0.2, 0.25) is 0 Å². The molecule has 8 heteroatoms. The van der Waals surface area contributed by atoms with Crippen LogP contribution < -0.4 is 16.6 Å². The highest BCUT2D eigenvalue weighted by molar-refractivity contribution is 6.31. The highest BCUT2D eigenvalue weighted by atomic mass is 35.5. The fraction of sp³-hybridized carbons (Fsp3) is 0. The normalized spacial score (nSPS) is 10.2. The molecule has 0 saturated carbocycles. The van der Waals surface area contributed by atoms with Crippen molar-refractivity contribution < 1.29 is 9.18 Å². The Bertz CT molecular complexity index is 666. The van der Waals surface area contributed by atoms with Crippen LogP contribution in [0.5, 0.6) is 0 Å². The third-order valence-corrected chi connectivity index (χ3v) is 2.86. The smallest absolute Gasteiger partial charge is 0.255 e. The SMILES string of the molecule is NNc1cc(C(=O)Nc2ccc(F)c(Cl)c2)cc(Cl)n1. The second-order valence-corrected chi connectivity index (χ2v) is 4.59. The zero-order valence-electron chi connectivity index (χ0n) is 9.95. The first-order valence-corrected chi connectivity index (χ1v) is 6.16. The van der Waals surface area contributed by atoms with E-state index in [1.165, 1.54) is 24.3 Å². The molecule has 0 radical (unpaired) electrons. The monoisotopic (exact) mass is 314 g/mol. The van der Waals surface area contributed by atoms with Crippen LogP contribution in [0.3, 0.4) is 0 Å². The molecule has 0 spiro atoms. The maximum Gasteiger partial charge on any atom is 0.255 e. The Kier molecular flexibility index (Phi) is 4.39. The minimum absolute atomic E-state index is 0.0834. The summed E-state index contributed by atoms with van der Waals surface area (Å²) in [6.07, 6.45) is 0.